The molecule has 4 heteroatoms. The minimum absolute atomic E-state index is 0. The smallest absolute Gasteiger partial charge is 0.0234 e. The molecule has 3 N–H and O–H groups in total. The fraction of sp³-hybridized carbons (Fsp3) is 1.00. The zero-order valence-electron chi connectivity index (χ0n) is 6.34. The summed E-state index contributed by atoms with van der Waals surface area (Å²) in [6.07, 6.45) is 2.38. The number of halogens is 1. The molecule has 0 aromatic heterocycles. The quantitative estimate of drug-likeness (QED) is 0.424. The number of hydrazine groups is 1. The van der Waals surface area contributed by atoms with Crippen LogP contribution in [0.1, 0.15) is 12.8 Å². The predicted octanol–water partition coefficient (Wildman–Crippen LogP) is -0.0343. The second-order valence-electron chi connectivity index (χ2n) is 2.74. The minimum atomic E-state index is 0. The van der Waals surface area contributed by atoms with Crippen molar-refractivity contribution in [2.75, 3.05) is 20.1 Å². The van der Waals surface area contributed by atoms with Gasteiger partial charge in [0.05, 0.1) is 0 Å². The summed E-state index contributed by atoms with van der Waals surface area (Å²) in [6.45, 7) is 2.35. The Morgan fingerprint density at radius 1 is 1.40 bits per heavy atom. The summed E-state index contributed by atoms with van der Waals surface area (Å²) in [6, 6.07) is 0.557. The van der Waals surface area contributed by atoms with Crippen LogP contribution in [0.25, 0.3) is 0 Å². The predicted molar refractivity (Wildman–Crippen MR) is 45.1 cm³/mol. The summed E-state index contributed by atoms with van der Waals surface area (Å²) in [7, 11) is 2.15. The molecule has 0 aliphatic carbocycles. The van der Waals surface area contributed by atoms with Crippen molar-refractivity contribution in [2.45, 2.75) is 18.9 Å². The van der Waals surface area contributed by atoms with Crippen molar-refractivity contribution in [2.24, 2.45) is 5.84 Å². The van der Waals surface area contributed by atoms with E-state index in [1.807, 2.05) is 0 Å². The standard InChI is InChI=1S/C6H15N3.ClH/c1-9-4-2-6(8-7)3-5-9;/h6,8H,2-5,7H2,1H3;1H. The summed E-state index contributed by atoms with van der Waals surface area (Å²) in [5, 5.41) is 0. The molecule has 1 aliphatic heterocycles. The Hall–Kier alpha value is 0.170. The topological polar surface area (TPSA) is 41.3 Å². The summed E-state index contributed by atoms with van der Waals surface area (Å²) < 4.78 is 0. The van der Waals surface area contributed by atoms with Crippen molar-refractivity contribution in [3.63, 3.8) is 0 Å². The van der Waals surface area contributed by atoms with Crippen LogP contribution in [0.5, 0.6) is 0 Å². The second kappa shape index (κ2) is 4.91. The molecule has 3 nitrogen and oxygen atoms in total. The molecular formula is C6H16ClN3. The third kappa shape index (κ3) is 2.84. The molecule has 0 amide bonds. The Balaban J connectivity index is 0.000000810. The highest BCUT2D eigenvalue weighted by Crippen LogP contribution is 2.06. The van der Waals surface area contributed by atoms with Gasteiger partial charge in [-0.05, 0) is 33.0 Å². The van der Waals surface area contributed by atoms with E-state index in [0.29, 0.717) is 6.04 Å². The first-order chi connectivity index (χ1) is 4.33. The highest BCUT2D eigenvalue weighted by atomic mass is 35.5. The third-order valence-electron chi connectivity index (χ3n) is 1.95. The van der Waals surface area contributed by atoms with E-state index < -0.39 is 0 Å². The van der Waals surface area contributed by atoms with E-state index in [0.717, 1.165) is 0 Å². The van der Waals surface area contributed by atoms with Crippen molar-refractivity contribution in [1.29, 1.82) is 0 Å². The summed E-state index contributed by atoms with van der Waals surface area (Å²) in [5.74, 6) is 5.28. The molecule has 1 fully saturated rings. The van der Waals surface area contributed by atoms with Gasteiger partial charge < -0.3 is 4.90 Å². The molecule has 0 atom stereocenters. The maximum absolute atomic E-state index is 5.28. The van der Waals surface area contributed by atoms with Crippen LogP contribution in [-0.4, -0.2) is 31.1 Å². The normalized spacial score (nSPS) is 22.2. The van der Waals surface area contributed by atoms with Crippen LogP contribution in [0.3, 0.4) is 0 Å². The minimum Gasteiger partial charge on any atom is -0.306 e. The van der Waals surface area contributed by atoms with Crippen molar-refractivity contribution in [3.05, 3.63) is 0 Å². The van der Waals surface area contributed by atoms with Crippen LogP contribution in [0.15, 0.2) is 0 Å². The Morgan fingerprint density at radius 3 is 2.30 bits per heavy atom. The van der Waals surface area contributed by atoms with E-state index in [2.05, 4.69) is 17.4 Å². The highest BCUT2D eigenvalue weighted by Gasteiger charge is 2.13. The van der Waals surface area contributed by atoms with Crippen LogP contribution in [0.2, 0.25) is 0 Å². The molecule has 0 aromatic carbocycles. The van der Waals surface area contributed by atoms with Crippen LogP contribution < -0.4 is 11.3 Å². The maximum atomic E-state index is 5.28. The lowest BCUT2D eigenvalue weighted by Crippen LogP contribution is -2.43. The summed E-state index contributed by atoms with van der Waals surface area (Å²) in [5.41, 5.74) is 2.80. The Labute approximate surface area is 68.3 Å². The molecule has 1 aliphatic rings. The Kier molecular flexibility index (Phi) is 4.99. The fourth-order valence-electron chi connectivity index (χ4n) is 1.18. The van der Waals surface area contributed by atoms with Crippen molar-refractivity contribution in [1.82, 2.24) is 10.3 Å². The van der Waals surface area contributed by atoms with Gasteiger partial charge in [-0.25, -0.2) is 0 Å². The van der Waals surface area contributed by atoms with Crippen LogP contribution in [0, 0.1) is 0 Å². The number of rotatable bonds is 1. The van der Waals surface area contributed by atoms with Gasteiger partial charge in [0.1, 0.15) is 0 Å². The molecule has 10 heavy (non-hydrogen) atoms. The van der Waals surface area contributed by atoms with Gasteiger partial charge in [-0.3, -0.25) is 11.3 Å². The SMILES string of the molecule is CN1CCC(NN)CC1.Cl. The first-order valence-electron chi connectivity index (χ1n) is 3.47. The highest BCUT2D eigenvalue weighted by molar-refractivity contribution is 5.85. The number of nitrogens with one attached hydrogen (secondary N) is 1. The first-order valence-corrected chi connectivity index (χ1v) is 3.47. The number of hydrogen-bond acceptors (Lipinski definition) is 3. The average Bonchev–Trinajstić information content (AvgIpc) is 1.90. The van der Waals surface area contributed by atoms with Gasteiger partial charge in [0.2, 0.25) is 0 Å². The van der Waals surface area contributed by atoms with Crippen LogP contribution in [0.4, 0.5) is 0 Å². The molecule has 1 heterocycles. The van der Waals surface area contributed by atoms with Crippen molar-refractivity contribution >= 4 is 12.4 Å². The van der Waals surface area contributed by atoms with Gasteiger partial charge in [-0.1, -0.05) is 0 Å². The molecule has 62 valence electrons. The molecule has 0 aromatic rings. The lowest BCUT2D eigenvalue weighted by atomic mass is 10.1. The van der Waals surface area contributed by atoms with E-state index >= 15 is 0 Å². The van der Waals surface area contributed by atoms with Gasteiger partial charge in [0, 0.05) is 6.04 Å². The van der Waals surface area contributed by atoms with E-state index in [1.54, 1.807) is 0 Å². The number of piperidine rings is 1. The van der Waals surface area contributed by atoms with Gasteiger partial charge >= 0.3 is 0 Å². The molecule has 0 spiro atoms. The zero-order chi connectivity index (χ0) is 6.69. The van der Waals surface area contributed by atoms with E-state index in [9.17, 15) is 0 Å². The van der Waals surface area contributed by atoms with Gasteiger partial charge in [0.25, 0.3) is 0 Å². The van der Waals surface area contributed by atoms with Crippen molar-refractivity contribution < 1.29 is 0 Å². The van der Waals surface area contributed by atoms with Crippen LogP contribution >= 0.6 is 12.4 Å². The molecule has 0 saturated carbocycles. The first kappa shape index (κ1) is 10.2. The number of likely N-dealkylation sites (tertiary alicyclic amines) is 1. The second-order valence-corrected chi connectivity index (χ2v) is 2.74. The molecule has 1 rings (SSSR count). The molecule has 1 saturated heterocycles. The molecule has 0 bridgehead atoms. The van der Waals surface area contributed by atoms with Gasteiger partial charge in [-0.2, -0.15) is 0 Å². The van der Waals surface area contributed by atoms with E-state index in [4.69, 9.17) is 5.84 Å². The van der Waals surface area contributed by atoms with Crippen LogP contribution in [-0.2, 0) is 0 Å². The lowest BCUT2D eigenvalue weighted by molar-refractivity contribution is 0.236. The zero-order valence-corrected chi connectivity index (χ0v) is 7.16. The maximum Gasteiger partial charge on any atom is 0.0234 e. The number of nitrogens with two attached hydrogens (primary N) is 1. The number of hydrogen-bond donors (Lipinski definition) is 2. The Morgan fingerprint density at radius 2 is 1.90 bits per heavy atom. The van der Waals surface area contributed by atoms with Gasteiger partial charge in [-0.15, -0.1) is 12.4 Å². The fourth-order valence-corrected chi connectivity index (χ4v) is 1.18. The lowest BCUT2D eigenvalue weighted by Gasteiger charge is -2.28. The molecule has 0 unspecified atom stereocenters. The third-order valence-corrected chi connectivity index (χ3v) is 1.95. The summed E-state index contributed by atoms with van der Waals surface area (Å²) >= 11 is 0. The van der Waals surface area contributed by atoms with Crippen molar-refractivity contribution in [3.8, 4) is 0 Å². The van der Waals surface area contributed by atoms with Gasteiger partial charge in [0.15, 0.2) is 0 Å². The largest absolute Gasteiger partial charge is 0.306 e. The van der Waals surface area contributed by atoms with E-state index in [1.165, 1.54) is 25.9 Å². The monoisotopic (exact) mass is 165 g/mol. The van der Waals surface area contributed by atoms with E-state index in [-0.39, 0.29) is 12.4 Å². The Bertz CT molecular complexity index is 81.1. The average molecular weight is 166 g/mol. The summed E-state index contributed by atoms with van der Waals surface area (Å²) in [4.78, 5) is 2.33. The molecule has 0 radical (unpaired) electrons. The number of nitrogens with zero attached hydrogens (tertiary/aromatic N) is 1. The molecular weight excluding hydrogens is 150 g/mol.